The van der Waals surface area contributed by atoms with Crippen molar-refractivity contribution in [3.05, 3.63) is 16.8 Å². The second-order valence-electron chi connectivity index (χ2n) is 6.51. The zero-order valence-electron chi connectivity index (χ0n) is 13.8. The third-order valence-corrected chi connectivity index (χ3v) is 5.95. The summed E-state index contributed by atoms with van der Waals surface area (Å²) in [6.07, 6.45) is 8.84. The summed E-state index contributed by atoms with van der Waals surface area (Å²) in [4.78, 5) is 34.5. The molecule has 0 spiro atoms. The van der Waals surface area contributed by atoms with Crippen LogP contribution in [0.25, 0.3) is 10.2 Å². The van der Waals surface area contributed by atoms with E-state index in [0.717, 1.165) is 55.2 Å². The number of imide groups is 1. The van der Waals surface area contributed by atoms with Crippen LogP contribution in [0.1, 0.15) is 42.5 Å². The van der Waals surface area contributed by atoms with E-state index < -0.39 is 11.9 Å². The summed E-state index contributed by atoms with van der Waals surface area (Å²) in [6.45, 7) is -0.241. The van der Waals surface area contributed by atoms with Crippen molar-refractivity contribution in [2.45, 2.75) is 51.0 Å². The molecule has 1 saturated carbocycles. The van der Waals surface area contributed by atoms with Crippen molar-refractivity contribution < 1.29 is 14.3 Å². The number of fused-ring (bicyclic) bond motifs is 3. The highest BCUT2D eigenvalue weighted by molar-refractivity contribution is 7.18. The third-order valence-electron chi connectivity index (χ3n) is 4.75. The van der Waals surface area contributed by atoms with Crippen molar-refractivity contribution in [3.8, 4) is 5.88 Å². The van der Waals surface area contributed by atoms with Crippen LogP contribution in [0.5, 0.6) is 5.88 Å². The molecule has 2 aliphatic carbocycles. The lowest BCUT2D eigenvalue weighted by Gasteiger charge is -2.12. The Bertz CT molecular complexity index is 814. The lowest BCUT2D eigenvalue weighted by molar-refractivity contribution is -0.122. The zero-order valence-corrected chi connectivity index (χ0v) is 14.7. The van der Waals surface area contributed by atoms with Crippen LogP contribution in [-0.2, 0) is 17.6 Å². The number of hydrogen-bond acceptors (Lipinski definition) is 6. The fourth-order valence-corrected chi connectivity index (χ4v) is 4.82. The molecule has 0 aromatic carbocycles. The predicted octanol–water partition coefficient (Wildman–Crippen LogP) is 2.33. The summed E-state index contributed by atoms with van der Waals surface area (Å²) in [6, 6.07) is -0.284. The molecule has 3 amide bonds. The summed E-state index contributed by atoms with van der Waals surface area (Å²) < 4.78 is 5.60. The number of amides is 3. The number of urea groups is 1. The van der Waals surface area contributed by atoms with Crippen molar-refractivity contribution >= 4 is 33.5 Å². The average Bonchev–Trinajstić information content (AvgIpc) is 3.29. The van der Waals surface area contributed by atoms with Gasteiger partial charge in [0.25, 0.3) is 5.91 Å². The van der Waals surface area contributed by atoms with Crippen LogP contribution in [0.4, 0.5) is 4.79 Å². The smallest absolute Gasteiger partial charge is 0.321 e. The number of ether oxygens (including phenoxy) is 1. The molecule has 8 heteroatoms. The second kappa shape index (κ2) is 6.95. The van der Waals surface area contributed by atoms with Crippen LogP contribution in [-0.4, -0.2) is 34.6 Å². The second-order valence-corrected chi connectivity index (χ2v) is 7.59. The lowest BCUT2D eigenvalue weighted by atomic mass is 10.2. The van der Waals surface area contributed by atoms with Gasteiger partial charge >= 0.3 is 6.03 Å². The van der Waals surface area contributed by atoms with Crippen LogP contribution < -0.4 is 15.4 Å². The first-order valence-electron chi connectivity index (χ1n) is 8.69. The van der Waals surface area contributed by atoms with Gasteiger partial charge in [-0.15, -0.1) is 11.3 Å². The van der Waals surface area contributed by atoms with E-state index in [1.54, 1.807) is 11.3 Å². The Morgan fingerprint density at radius 2 is 2.04 bits per heavy atom. The van der Waals surface area contributed by atoms with E-state index in [1.807, 2.05) is 0 Å². The maximum atomic E-state index is 12.0. The van der Waals surface area contributed by atoms with Crippen LogP contribution in [0.2, 0.25) is 0 Å². The number of nitrogens with one attached hydrogen (secondary N) is 2. The normalized spacial score (nSPS) is 16.8. The maximum Gasteiger partial charge on any atom is 0.321 e. The van der Waals surface area contributed by atoms with Crippen molar-refractivity contribution in [1.82, 2.24) is 20.6 Å². The highest BCUT2D eigenvalue weighted by Crippen LogP contribution is 2.39. The minimum Gasteiger partial charge on any atom is -0.467 e. The third kappa shape index (κ3) is 3.44. The molecule has 2 aromatic rings. The van der Waals surface area contributed by atoms with Gasteiger partial charge in [0.05, 0.1) is 5.39 Å². The summed E-state index contributed by atoms with van der Waals surface area (Å²) in [5, 5.41) is 6.05. The molecule has 132 valence electrons. The predicted molar refractivity (Wildman–Crippen MR) is 93.9 cm³/mol. The van der Waals surface area contributed by atoms with Crippen molar-refractivity contribution in [3.63, 3.8) is 0 Å². The number of nitrogens with zero attached hydrogens (tertiary/aromatic N) is 2. The van der Waals surface area contributed by atoms with E-state index in [4.69, 9.17) is 4.74 Å². The van der Waals surface area contributed by atoms with Crippen molar-refractivity contribution in [2.24, 2.45) is 0 Å². The Hall–Kier alpha value is -2.22. The minimum atomic E-state index is -0.478. The van der Waals surface area contributed by atoms with Gasteiger partial charge in [0.2, 0.25) is 5.88 Å². The summed E-state index contributed by atoms with van der Waals surface area (Å²) >= 11 is 1.67. The molecule has 4 rings (SSSR count). The molecule has 0 saturated heterocycles. The van der Waals surface area contributed by atoms with E-state index in [1.165, 1.54) is 16.8 Å². The molecule has 0 radical (unpaired) electrons. The van der Waals surface area contributed by atoms with E-state index in [-0.39, 0.29) is 12.6 Å². The number of thiophene rings is 1. The van der Waals surface area contributed by atoms with Crippen LogP contribution >= 0.6 is 11.3 Å². The highest BCUT2D eigenvalue weighted by atomic mass is 32.1. The average molecular weight is 360 g/mol. The van der Waals surface area contributed by atoms with Gasteiger partial charge in [-0.3, -0.25) is 10.1 Å². The molecule has 0 unspecified atom stereocenters. The molecule has 25 heavy (non-hydrogen) atoms. The first kappa shape index (κ1) is 16.3. The van der Waals surface area contributed by atoms with Gasteiger partial charge in [-0.25, -0.2) is 14.8 Å². The quantitative estimate of drug-likeness (QED) is 0.873. The SMILES string of the molecule is O=C(COc1ncnc2sc3c(c12)CCC3)NC(=O)NC1CCCC1. The van der Waals surface area contributed by atoms with Gasteiger partial charge in [-0.05, 0) is 37.7 Å². The number of aromatic nitrogens is 2. The fraction of sp³-hybridized carbons (Fsp3) is 0.529. The molecule has 7 nitrogen and oxygen atoms in total. The van der Waals surface area contributed by atoms with Crippen LogP contribution in [0.15, 0.2) is 6.33 Å². The zero-order chi connectivity index (χ0) is 17.2. The summed E-state index contributed by atoms with van der Waals surface area (Å²) in [5.41, 5.74) is 1.25. The van der Waals surface area contributed by atoms with Gasteiger partial charge in [-0.1, -0.05) is 12.8 Å². The monoisotopic (exact) mass is 360 g/mol. The van der Waals surface area contributed by atoms with E-state index in [9.17, 15) is 9.59 Å². The molecule has 0 bridgehead atoms. The largest absolute Gasteiger partial charge is 0.467 e. The first-order chi connectivity index (χ1) is 12.2. The number of carbonyl (C=O) groups is 2. The van der Waals surface area contributed by atoms with E-state index >= 15 is 0 Å². The number of hydrogen-bond donors (Lipinski definition) is 2. The molecule has 2 N–H and O–H groups in total. The summed E-state index contributed by atoms with van der Waals surface area (Å²) in [7, 11) is 0. The fourth-order valence-electron chi connectivity index (χ4n) is 3.60. The number of aryl methyl sites for hydroxylation is 2. The Kier molecular flexibility index (Phi) is 4.52. The van der Waals surface area contributed by atoms with Gasteiger partial charge in [0.15, 0.2) is 6.61 Å². The lowest BCUT2D eigenvalue weighted by Crippen LogP contribution is -2.45. The van der Waals surface area contributed by atoms with Crippen LogP contribution in [0.3, 0.4) is 0 Å². The van der Waals surface area contributed by atoms with E-state index in [2.05, 4.69) is 20.6 Å². The molecule has 1 fully saturated rings. The standard InChI is InChI=1S/C17H20N4O3S/c22-13(21-17(23)20-10-4-1-2-5-10)8-24-15-14-11-6-3-7-12(11)25-16(14)19-9-18-15/h9-10H,1-8H2,(H2,20,21,22,23). The molecule has 2 aliphatic rings. The van der Waals surface area contributed by atoms with Gasteiger partial charge in [-0.2, -0.15) is 0 Å². The first-order valence-corrected chi connectivity index (χ1v) is 9.51. The molecular weight excluding hydrogens is 340 g/mol. The molecular formula is C17H20N4O3S. The van der Waals surface area contributed by atoms with Crippen LogP contribution in [0, 0.1) is 0 Å². The van der Waals surface area contributed by atoms with Gasteiger partial charge in [0.1, 0.15) is 11.2 Å². The van der Waals surface area contributed by atoms with Gasteiger partial charge in [0, 0.05) is 10.9 Å². The minimum absolute atomic E-state index is 0.170. The Morgan fingerprint density at radius 1 is 1.20 bits per heavy atom. The molecule has 0 atom stereocenters. The number of carbonyl (C=O) groups excluding carboxylic acids is 2. The van der Waals surface area contributed by atoms with Gasteiger partial charge < -0.3 is 10.1 Å². The molecule has 2 aromatic heterocycles. The Labute approximate surface area is 149 Å². The Balaban J connectivity index is 1.37. The van der Waals surface area contributed by atoms with E-state index in [0.29, 0.717) is 5.88 Å². The molecule has 0 aliphatic heterocycles. The maximum absolute atomic E-state index is 12.0. The number of rotatable bonds is 4. The summed E-state index contributed by atoms with van der Waals surface area (Å²) in [5.74, 6) is -0.0510. The highest BCUT2D eigenvalue weighted by Gasteiger charge is 2.23. The topological polar surface area (TPSA) is 93.2 Å². The van der Waals surface area contributed by atoms with Crippen molar-refractivity contribution in [2.75, 3.05) is 6.61 Å². The molecule has 2 heterocycles. The van der Waals surface area contributed by atoms with Crippen molar-refractivity contribution in [1.29, 1.82) is 0 Å². The Morgan fingerprint density at radius 3 is 2.88 bits per heavy atom.